The van der Waals surface area contributed by atoms with Crippen molar-refractivity contribution in [2.75, 3.05) is 18.8 Å². The van der Waals surface area contributed by atoms with Gasteiger partial charge in [0.25, 0.3) is 0 Å². The van der Waals surface area contributed by atoms with Crippen molar-refractivity contribution in [3.05, 3.63) is 0 Å². The Kier molecular flexibility index (Phi) is 3.87. The van der Waals surface area contributed by atoms with Gasteiger partial charge in [0.05, 0.1) is 11.9 Å². The highest BCUT2D eigenvalue weighted by molar-refractivity contribution is 7.89. The zero-order chi connectivity index (χ0) is 11.6. The lowest BCUT2D eigenvalue weighted by Crippen LogP contribution is -2.34. The Balaban J connectivity index is 1.91. The van der Waals surface area contributed by atoms with Gasteiger partial charge in [0.2, 0.25) is 10.0 Å². The molecule has 0 radical (unpaired) electrons. The molecular formula is C11H21NO3S. The maximum absolute atomic E-state index is 12.1. The van der Waals surface area contributed by atoms with Crippen LogP contribution in [-0.2, 0) is 10.0 Å². The molecule has 1 aliphatic heterocycles. The molecule has 0 aromatic heterocycles. The average molecular weight is 247 g/mol. The number of nitrogens with zero attached hydrogens (tertiary/aromatic N) is 1. The summed E-state index contributed by atoms with van der Waals surface area (Å²) in [5.41, 5.74) is 0. The standard InChI is InChI=1S/C11H21NO3S/c13-11-6-7-12(8-11)16(14,15)9-10-4-2-1-3-5-10/h10-11,13H,1-9H2. The largest absolute Gasteiger partial charge is 0.392 e. The van der Waals surface area contributed by atoms with Crippen molar-refractivity contribution in [1.82, 2.24) is 4.31 Å². The van der Waals surface area contributed by atoms with Gasteiger partial charge in [-0.05, 0) is 25.2 Å². The van der Waals surface area contributed by atoms with Gasteiger partial charge < -0.3 is 5.11 Å². The molecule has 94 valence electrons. The molecule has 5 heteroatoms. The van der Waals surface area contributed by atoms with Gasteiger partial charge in [-0.3, -0.25) is 0 Å². The molecule has 1 unspecified atom stereocenters. The summed E-state index contributed by atoms with van der Waals surface area (Å²) < 4.78 is 25.6. The molecule has 0 spiro atoms. The van der Waals surface area contributed by atoms with Crippen LogP contribution in [0.1, 0.15) is 38.5 Å². The molecule has 2 aliphatic rings. The lowest BCUT2D eigenvalue weighted by molar-refractivity contribution is 0.189. The highest BCUT2D eigenvalue weighted by Gasteiger charge is 2.32. The van der Waals surface area contributed by atoms with Crippen LogP contribution in [0.4, 0.5) is 0 Å². The molecule has 1 aliphatic carbocycles. The van der Waals surface area contributed by atoms with Crippen LogP contribution in [-0.4, -0.2) is 42.8 Å². The van der Waals surface area contributed by atoms with E-state index >= 15 is 0 Å². The second kappa shape index (κ2) is 5.02. The van der Waals surface area contributed by atoms with Gasteiger partial charge in [0.1, 0.15) is 0 Å². The van der Waals surface area contributed by atoms with Crippen LogP contribution in [0.15, 0.2) is 0 Å². The highest BCUT2D eigenvalue weighted by Crippen LogP contribution is 2.26. The Morgan fingerprint density at radius 3 is 2.38 bits per heavy atom. The van der Waals surface area contributed by atoms with E-state index in [0.29, 0.717) is 31.2 Å². The van der Waals surface area contributed by atoms with Gasteiger partial charge >= 0.3 is 0 Å². The fraction of sp³-hybridized carbons (Fsp3) is 1.00. The number of hydrogen-bond donors (Lipinski definition) is 1. The van der Waals surface area contributed by atoms with E-state index in [9.17, 15) is 13.5 Å². The molecule has 0 aromatic carbocycles. The second-order valence-corrected chi connectivity index (χ2v) is 7.10. The number of aliphatic hydroxyl groups excluding tert-OH is 1. The number of hydrogen-bond acceptors (Lipinski definition) is 3. The van der Waals surface area contributed by atoms with Crippen LogP contribution < -0.4 is 0 Å². The summed E-state index contributed by atoms with van der Waals surface area (Å²) in [7, 11) is -3.12. The number of rotatable bonds is 3. The first-order chi connectivity index (χ1) is 7.58. The molecular weight excluding hydrogens is 226 g/mol. The lowest BCUT2D eigenvalue weighted by atomic mass is 9.91. The fourth-order valence-corrected chi connectivity index (χ4v) is 4.64. The highest BCUT2D eigenvalue weighted by atomic mass is 32.2. The smallest absolute Gasteiger partial charge is 0.214 e. The van der Waals surface area contributed by atoms with Crippen molar-refractivity contribution in [3.63, 3.8) is 0 Å². The summed E-state index contributed by atoms with van der Waals surface area (Å²) in [4.78, 5) is 0. The summed E-state index contributed by atoms with van der Waals surface area (Å²) in [6.07, 6.45) is 5.82. The van der Waals surface area contributed by atoms with Crippen LogP contribution in [0.25, 0.3) is 0 Å². The van der Waals surface area contributed by atoms with Crippen molar-refractivity contribution in [2.45, 2.75) is 44.6 Å². The van der Waals surface area contributed by atoms with Crippen molar-refractivity contribution in [1.29, 1.82) is 0 Å². The van der Waals surface area contributed by atoms with Gasteiger partial charge in [-0.25, -0.2) is 8.42 Å². The third-order valence-corrected chi connectivity index (χ3v) is 5.70. The summed E-state index contributed by atoms with van der Waals surface area (Å²) in [5, 5.41) is 9.36. The minimum Gasteiger partial charge on any atom is -0.392 e. The normalized spacial score (nSPS) is 29.7. The van der Waals surface area contributed by atoms with Crippen LogP contribution in [0, 0.1) is 5.92 Å². The molecule has 0 amide bonds. The molecule has 1 saturated carbocycles. The molecule has 0 bridgehead atoms. The number of sulfonamides is 1. The Morgan fingerprint density at radius 2 is 1.81 bits per heavy atom. The molecule has 1 heterocycles. The van der Waals surface area contributed by atoms with E-state index in [1.165, 1.54) is 23.6 Å². The van der Waals surface area contributed by atoms with Crippen LogP contribution >= 0.6 is 0 Å². The van der Waals surface area contributed by atoms with Crippen molar-refractivity contribution in [3.8, 4) is 0 Å². The Hall–Kier alpha value is -0.130. The minimum absolute atomic E-state index is 0.291. The first-order valence-corrected chi connectivity index (χ1v) is 7.85. The first-order valence-electron chi connectivity index (χ1n) is 6.24. The molecule has 1 saturated heterocycles. The monoisotopic (exact) mass is 247 g/mol. The molecule has 1 N–H and O–H groups in total. The Labute approximate surface area is 97.7 Å². The number of β-amino-alcohol motifs (C(OH)–C–C–N with tert-alkyl or cyclic N) is 1. The molecule has 2 fully saturated rings. The van der Waals surface area contributed by atoms with Crippen molar-refractivity contribution < 1.29 is 13.5 Å². The van der Waals surface area contributed by atoms with Crippen molar-refractivity contribution >= 4 is 10.0 Å². The molecule has 2 rings (SSSR count). The number of aliphatic hydroxyl groups is 1. The van der Waals surface area contributed by atoms with Crippen LogP contribution in [0.2, 0.25) is 0 Å². The quantitative estimate of drug-likeness (QED) is 0.808. The van der Waals surface area contributed by atoms with Gasteiger partial charge in [0.15, 0.2) is 0 Å². The molecule has 16 heavy (non-hydrogen) atoms. The van der Waals surface area contributed by atoms with E-state index < -0.39 is 16.1 Å². The third kappa shape index (κ3) is 2.96. The van der Waals surface area contributed by atoms with Gasteiger partial charge in [-0.2, -0.15) is 4.31 Å². The van der Waals surface area contributed by atoms with E-state index in [4.69, 9.17) is 0 Å². The van der Waals surface area contributed by atoms with Gasteiger partial charge in [-0.15, -0.1) is 0 Å². The maximum atomic E-state index is 12.1. The summed E-state index contributed by atoms with van der Waals surface area (Å²) >= 11 is 0. The Morgan fingerprint density at radius 1 is 1.12 bits per heavy atom. The van der Waals surface area contributed by atoms with E-state index in [0.717, 1.165) is 12.8 Å². The van der Waals surface area contributed by atoms with E-state index in [-0.39, 0.29) is 0 Å². The fourth-order valence-electron chi connectivity index (χ4n) is 2.72. The first kappa shape index (κ1) is 12.3. The molecule has 0 aromatic rings. The Bertz CT molecular complexity index is 322. The van der Waals surface area contributed by atoms with Gasteiger partial charge in [0, 0.05) is 13.1 Å². The second-order valence-electron chi connectivity index (χ2n) is 5.08. The summed E-state index contributed by atoms with van der Waals surface area (Å²) in [5.74, 6) is 0.635. The summed E-state index contributed by atoms with van der Waals surface area (Å²) in [6.45, 7) is 0.797. The predicted molar refractivity (Wildman–Crippen MR) is 62.6 cm³/mol. The van der Waals surface area contributed by atoms with E-state index in [2.05, 4.69) is 0 Å². The zero-order valence-corrected chi connectivity index (χ0v) is 10.5. The maximum Gasteiger partial charge on any atom is 0.214 e. The topological polar surface area (TPSA) is 57.6 Å². The zero-order valence-electron chi connectivity index (χ0n) is 9.64. The van der Waals surface area contributed by atoms with Crippen molar-refractivity contribution in [2.24, 2.45) is 5.92 Å². The van der Waals surface area contributed by atoms with Gasteiger partial charge in [-0.1, -0.05) is 19.3 Å². The predicted octanol–water partition coefficient (Wildman–Crippen LogP) is 0.963. The average Bonchev–Trinajstić information content (AvgIpc) is 2.66. The minimum atomic E-state index is -3.12. The van der Waals surface area contributed by atoms with E-state index in [1.807, 2.05) is 0 Å². The molecule has 1 atom stereocenters. The SMILES string of the molecule is O=S(=O)(CC1CCCCC1)N1CCC(O)C1. The molecule has 4 nitrogen and oxygen atoms in total. The third-order valence-electron chi connectivity index (χ3n) is 3.69. The van der Waals surface area contributed by atoms with Crippen LogP contribution in [0.3, 0.4) is 0 Å². The summed E-state index contributed by atoms with van der Waals surface area (Å²) in [6, 6.07) is 0. The van der Waals surface area contributed by atoms with E-state index in [1.54, 1.807) is 0 Å². The lowest BCUT2D eigenvalue weighted by Gasteiger charge is -2.24. The van der Waals surface area contributed by atoms with Crippen LogP contribution in [0.5, 0.6) is 0 Å².